The molecule has 1 atom stereocenters. The molecule has 0 aliphatic carbocycles. The molecule has 0 bridgehead atoms. The number of nitrogens with zero attached hydrogens (tertiary/aromatic N) is 2. The summed E-state index contributed by atoms with van der Waals surface area (Å²) in [5.74, 6) is -0.439. The second-order valence-corrected chi connectivity index (χ2v) is 6.24. The molecule has 2 rings (SSSR count). The first-order valence-electron chi connectivity index (χ1n) is 7.08. The summed E-state index contributed by atoms with van der Waals surface area (Å²) in [6.07, 6.45) is 0.601. The van der Waals surface area contributed by atoms with Crippen LogP contribution >= 0.6 is 11.3 Å². The summed E-state index contributed by atoms with van der Waals surface area (Å²) in [6.45, 7) is 2.17. The van der Waals surface area contributed by atoms with E-state index in [1.165, 1.54) is 23.5 Å². The lowest BCUT2D eigenvalue weighted by Gasteiger charge is -2.16. The van der Waals surface area contributed by atoms with Crippen LogP contribution in [-0.2, 0) is 6.42 Å². The molecule has 0 spiro atoms. The van der Waals surface area contributed by atoms with Gasteiger partial charge in [-0.15, -0.1) is 11.3 Å². The first kappa shape index (κ1) is 16.6. The Balaban J connectivity index is 2.00. The fraction of sp³-hybridized carbons (Fsp3) is 0.375. The lowest BCUT2D eigenvalue weighted by molar-refractivity contribution is 0.0764. The normalized spacial score (nSPS) is 12.2. The molecule has 1 heterocycles. The van der Waals surface area contributed by atoms with E-state index < -0.39 is 6.10 Å². The second-order valence-electron chi connectivity index (χ2n) is 5.30. The van der Waals surface area contributed by atoms with Crippen LogP contribution in [0.15, 0.2) is 29.6 Å². The van der Waals surface area contributed by atoms with E-state index in [-0.39, 0.29) is 11.7 Å². The van der Waals surface area contributed by atoms with E-state index in [4.69, 9.17) is 0 Å². The summed E-state index contributed by atoms with van der Waals surface area (Å²) >= 11 is 1.39. The van der Waals surface area contributed by atoms with Crippen molar-refractivity contribution in [1.29, 1.82) is 0 Å². The molecule has 22 heavy (non-hydrogen) atoms. The Hall–Kier alpha value is -1.79. The van der Waals surface area contributed by atoms with Crippen LogP contribution in [0.2, 0.25) is 0 Å². The average molecular weight is 322 g/mol. The van der Waals surface area contributed by atoms with Crippen LogP contribution in [0.5, 0.6) is 0 Å². The fourth-order valence-electron chi connectivity index (χ4n) is 1.99. The molecule has 1 aromatic heterocycles. The summed E-state index contributed by atoms with van der Waals surface area (Å²) in [6, 6.07) is 6.37. The van der Waals surface area contributed by atoms with Crippen molar-refractivity contribution in [3.05, 3.63) is 51.7 Å². The van der Waals surface area contributed by atoms with Gasteiger partial charge in [-0.2, -0.15) is 0 Å². The van der Waals surface area contributed by atoms with Crippen molar-refractivity contribution in [1.82, 2.24) is 9.88 Å². The van der Waals surface area contributed by atoms with Crippen molar-refractivity contribution >= 4 is 17.2 Å². The van der Waals surface area contributed by atoms with Crippen LogP contribution in [0.4, 0.5) is 4.39 Å². The standard InChI is InChI=1S/C16H19FN2O2S/c1-11(20)6-7-19(2)16(21)14-10-22-15(18-14)9-12-4-3-5-13(17)8-12/h3-5,8,10-11,20H,6-7,9H2,1-2H3. The number of aliphatic hydroxyl groups is 1. The molecule has 0 aliphatic rings. The zero-order valence-corrected chi connectivity index (χ0v) is 13.4. The van der Waals surface area contributed by atoms with Crippen LogP contribution in [0.1, 0.15) is 34.4 Å². The smallest absolute Gasteiger partial charge is 0.273 e. The maximum absolute atomic E-state index is 13.2. The van der Waals surface area contributed by atoms with Crippen molar-refractivity contribution in [2.45, 2.75) is 25.9 Å². The minimum atomic E-state index is -0.436. The zero-order valence-electron chi connectivity index (χ0n) is 12.6. The molecule has 0 aliphatic heterocycles. The number of aromatic nitrogens is 1. The van der Waals surface area contributed by atoms with Gasteiger partial charge in [-0.1, -0.05) is 12.1 Å². The minimum Gasteiger partial charge on any atom is -0.393 e. The van der Waals surface area contributed by atoms with Crippen molar-refractivity contribution in [3.63, 3.8) is 0 Å². The number of thiazole rings is 1. The molecule has 0 radical (unpaired) electrons. The predicted octanol–water partition coefficient (Wildman–Crippen LogP) is 2.72. The third kappa shape index (κ3) is 4.61. The number of halogens is 1. The summed E-state index contributed by atoms with van der Waals surface area (Å²) in [5.41, 5.74) is 1.22. The number of carbonyl (C=O) groups excluding carboxylic acids is 1. The summed E-state index contributed by atoms with van der Waals surface area (Å²) in [7, 11) is 1.69. The number of benzene rings is 1. The van der Waals surface area contributed by atoms with Gasteiger partial charge in [0.2, 0.25) is 0 Å². The highest BCUT2D eigenvalue weighted by molar-refractivity contribution is 7.09. The Morgan fingerprint density at radius 2 is 2.27 bits per heavy atom. The van der Waals surface area contributed by atoms with E-state index >= 15 is 0 Å². The van der Waals surface area contributed by atoms with Gasteiger partial charge < -0.3 is 10.0 Å². The quantitative estimate of drug-likeness (QED) is 0.890. The van der Waals surface area contributed by atoms with Crippen LogP contribution in [-0.4, -0.2) is 40.6 Å². The molecule has 118 valence electrons. The summed E-state index contributed by atoms with van der Waals surface area (Å²) in [5, 5.41) is 11.8. The first-order valence-corrected chi connectivity index (χ1v) is 7.96. The lowest BCUT2D eigenvalue weighted by Crippen LogP contribution is -2.29. The average Bonchev–Trinajstić information content (AvgIpc) is 2.92. The predicted molar refractivity (Wildman–Crippen MR) is 84.6 cm³/mol. The number of carbonyl (C=O) groups is 1. The Kier molecular flexibility index (Phi) is 5.63. The molecule has 1 N–H and O–H groups in total. The van der Waals surface area contributed by atoms with E-state index in [1.807, 2.05) is 6.07 Å². The Bertz CT molecular complexity index is 643. The van der Waals surface area contributed by atoms with Gasteiger partial charge in [0.25, 0.3) is 5.91 Å². The number of hydrogen-bond acceptors (Lipinski definition) is 4. The minimum absolute atomic E-state index is 0.164. The van der Waals surface area contributed by atoms with Crippen molar-refractivity contribution in [2.75, 3.05) is 13.6 Å². The number of aliphatic hydroxyl groups excluding tert-OH is 1. The maximum Gasteiger partial charge on any atom is 0.273 e. The van der Waals surface area contributed by atoms with E-state index in [0.29, 0.717) is 25.1 Å². The third-order valence-corrected chi connectivity index (χ3v) is 4.09. The molecule has 4 nitrogen and oxygen atoms in total. The SMILES string of the molecule is CC(O)CCN(C)C(=O)c1csc(Cc2cccc(F)c2)n1. The van der Waals surface area contributed by atoms with Gasteiger partial charge >= 0.3 is 0 Å². The van der Waals surface area contributed by atoms with Gasteiger partial charge in [0.05, 0.1) is 11.1 Å². The topological polar surface area (TPSA) is 53.4 Å². The maximum atomic E-state index is 13.2. The van der Waals surface area contributed by atoms with E-state index in [1.54, 1.807) is 30.3 Å². The Morgan fingerprint density at radius 1 is 1.50 bits per heavy atom. The molecule has 0 fully saturated rings. The van der Waals surface area contributed by atoms with E-state index in [9.17, 15) is 14.3 Å². The van der Waals surface area contributed by atoms with Gasteiger partial charge in [0, 0.05) is 25.4 Å². The number of rotatable bonds is 6. The molecule has 1 unspecified atom stereocenters. The van der Waals surface area contributed by atoms with Crippen molar-refractivity contribution in [3.8, 4) is 0 Å². The first-order chi connectivity index (χ1) is 10.5. The third-order valence-electron chi connectivity index (χ3n) is 3.24. The van der Waals surface area contributed by atoms with Crippen LogP contribution in [0.25, 0.3) is 0 Å². The molecule has 2 aromatic rings. The van der Waals surface area contributed by atoms with Gasteiger partial charge in [-0.05, 0) is 31.0 Å². The Labute approximate surface area is 133 Å². The highest BCUT2D eigenvalue weighted by Crippen LogP contribution is 2.16. The van der Waals surface area contributed by atoms with Gasteiger partial charge in [-0.3, -0.25) is 4.79 Å². The van der Waals surface area contributed by atoms with Gasteiger partial charge in [-0.25, -0.2) is 9.37 Å². The largest absolute Gasteiger partial charge is 0.393 e. The number of hydrogen-bond donors (Lipinski definition) is 1. The molecular weight excluding hydrogens is 303 g/mol. The highest BCUT2D eigenvalue weighted by Gasteiger charge is 2.16. The summed E-state index contributed by atoms with van der Waals surface area (Å²) < 4.78 is 13.2. The van der Waals surface area contributed by atoms with E-state index in [2.05, 4.69) is 4.98 Å². The monoisotopic (exact) mass is 322 g/mol. The summed E-state index contributed by atoms with van der Waals surface area (Å²) in [4.78, 5) is 18.1. The molecule has 1 amide bonds. The number of amides is 1. The molecule has 1 aromatic carbocycles. The fourth-order valence-corrected chi connectivity index (χ4v) is 2.79. The van der Waals surface area contributed by atoms with Crippen molar-refractivity contribution < 1.29 is 14.3 Å². The van der Waals surface area contributed by atoms with Crippen molar-refractivity contribution in [2.24, 2.45) is 0 Å². The van der Waals surface area contributed by atoms with Crippen LogP contribution < -0.4 is 0 Å². The Morgan fingerprint density at radius 3 is 2.95 bits per heavy atom. The van der Waals surface area contributed by atoms with Crippen LogP contribution in [0.3, 0.4) is 0 Å². The highest BCUT2D eigenvalue weighted by atomic mass is 32.1. The molecule has 6 heteroatoms. The van der Waals surface area contributed by atoms with Crippen LogP contribution in [0, 0.1) is 5.82 Å². The second kappa shape index (κ2) is 7.47. The molecular formula is C16H19FN2O2S. The van der Waals surface area contributed by atoms with Gasteiger partial charge in [0.1, 0.15) is 11.5 Å². The van der Waals surface area contributed by atoms with E-state index in [0.717, 1.165) is 10.6 Å². The zero-order chi connectivity index (χ0) is 16.1. The molecule has 0 saturated heterocycles. The van der Waals surface area contributed by atoms with Gasteiger partial charge in [0.15, 0.2) is 0 Å². The molecule has 0 saturated carbocycles. The lowest BCUT2D eigenvalue weighted by atomic mass is 10.1.